The second-order valence-electron chi connectivity index (χ2n) is 3.26. The molecule has 2 rings (SSSR count). The quantitative estimate of drug-likeness (QED) is 0.624. The van der Waals surface area contributed by atoms with Gasteiger partial charge in [-0.05, 0) is 24.5 Å². The molecule has 2 nitrogen and oxygen atoms in total. The highest BCUT2D eigenvalue weighted by molar-refractivity contribution is 5.55. The Morgan fingerprint density at radius 2 is 2.17 bits per heavy atom. The predicted molar refractivity (Wildman–Crippen MR) is 49.2 cm³/mol. The van der Waals surface area contributed by atoms with Gasteiger partial charge in [-0.15, -0.1) is 0 Å². The monoisotopic (exact) mass is 163 g/mol. The maximum atomic E-state index is 9.55. The molecule has 1 aliphatic heterocycles. The van der Waals surface area contributed by atoms with Crippen LogP contribution in [0, 0.1) is 0 Å². The molecule has 0 radical (unpaired) electrons. The average molecular weight is 163 g/mol. The Balaban J connectivity index is 2.42. The zero-order valence-corrected chi connectivity index (χ0v) is 7.20. The molecule has 0 aliphatic carbocycles. The van der Waals surface area contributed by atoms with E-state index in [1.807, 2.05) is 24.1 Å². The molecule has 1 heterocycles. The van der Waals surface area contributed by atoms with Crippen molar-refractivity contribution in [2.24, 2.45) is 0 Å². The van der Waals surface area contributed by atoms with Crippen LogP contribution in [0.15, 0.2) is 24.3 Å². The number of aliphatic hydroxyl groups is 1. The number of fused-ring (bicyclic) bond motifs is 1. The number of nitrogens with zero attached hydrogens (tertiary/aromatic N) is 1. The third-order valence-corrected chi connectivity index (χ3v) is 2.49. The van der Waals surface area contributed by atoms with Crippen molar-refractivity contribution in [3.8, 4) is 0 Å². The van der Waals surface area contributed by atoms with Crippen molar-refractivity contribution in [1.82, 2.24) is 0 Å². The van der Waals surface area contributed by atoms with E-state index in [1.165, 1.54) is 5.56 Å². The zero-order chi connectivity index (χ0) is 8.55. The summed E-state index contributed by atoms with van der Waals surface area (Å²) < 4.78 is 0. The first kappa shape index (κ1) is 7.62. The van der Waals surface area contributed by atoms with Gasteiger partial charge in [0.05, 0.1) is 0 Å². The van der Waals surface area contributed by atoms with E-state index < -0.39 is 0 Å². The van der Waals surface area contributed by atoms with Gasteiger partial charge in [0.1, 0.15) is 6.23 Å². The summed E-state index contributed by atoms with van der Waals surface area (Å²) in [4.78, 5) is 1.93. The molecule has 1 aliphatic rings. The maximum absolute atomic E-state index is 9.55. The van der Waals surface area contributed by atoms with Crippen LogP contribution in [0.1, 0.15) is 12.0 Å². The molecule has 0 fully saturated rings. The van der Waals surface area contributed by atoms with Crippen LogP contribution in [-0.2, 0) is 6.42 Å². The van der Waals surface area contributed by atoms with Crippen LogP contribution < -0.4 is 4.90 Å². The van der Waals surface area contributed by atoms with Gasteiger partial charge in [-0.3, -0.25) is 0 Å². The van der Waals surface area contributed by atoms with Crippen LogP contribution in [0.25, 0.3) is 0 Å². The zero-order valence-electron chi connectivity index (χ0n) is 7.20. The summed E-state index contributed by atoms with van der Waals surface area (Å²) in [5.41, 5.74) is 2.50. The lowest BCUT2D eigenvalue weighted by Crippen LogP contribution is -2.35. The highest BCUT2D eigenvalue weighted by Gasteiger charge is 2.19. The Bertz CT molecular complexity index is 285. The predicted octanol–water partition coefficient (Wildman–Crippen LogP) is 1.39. The number of benzene rings is 1. The van der Waals surface area contributed by atoms with Crippen molar-refractivity contribution in [2.45, 2.75) is 19.1 Å². The molecule has 64 valence electrons. The summed E-state index contributed by atoms with van der Waals surface area (Å²) in [5, 5.41) is 9.55. The molecule has 1 aromatic carbocycles. The van der Waals surface area contributed by atoms with Crippen molar-refractivity contribution >= 4 is 5.69 Å². The largest absolute Gasteiger partial charge is 0.374 e. The Morgan fingerprint density at radius 1 is 1.42 bits per heavy atom. The molecule has 0 spiro atoms. The number of anilines is 1. The summed E-state index contributed by atoms with van der Waals surface area (Å²) in [6.45, 7) is 0. The smallest absolute Gasteiger partial charge is 0.126 e. The molecule has 0 amide bonds. The second kappa shape index (κ2) is 2.79. The molecule has 12 heavy (non-hydrogen) atoms. The molecular formula is C10H13NO. The van der Waals surface area contributed by atoms with Gasteiger partial charge in [0.2, 0.25) is 0 Å². The number of hydrogen-bond donors (Lipinski definition) is 1. The molecule has 1 atom stereocenters. The lowest BCUT2D eigenvalue weighted by molar-refractivity contribution is 0.160. The minimum atomic E-state index is -0.306. The van der Waals surface area contributed by atoms with Crippen molar-refractivity contribution in [3.63, 3.8) is 0 Å². The molecular weight excluding hydrogens is 150 g/mol. The first-order valence-corrected chi connectivity index (χ1v) is 4.28. The van der Waals surface area contributed by atoms with Gasteiger partial charge in [0.15, 0.2) is 0 Å². The Morgan fingerprint density at radius 3 is 3.00 bits per heavy atom. The Hall–Kier alpha value is -1.02. The second-order valence-corrected chi connectivity index (χ2v) is 3.26. The Labute approximate surface area is 72.4 Å². The summed E-state index contributed by atoms with van der Waals surface area (Å²) in [6, 6.07) is 8.23. The van der Waals surface area contributed by atoms with E-state index in [0.29, 0.717) is 0 Å². The topological polar surface area (TPSA) is 23.5 Å². The van der Waals surface area contributed by atoms with Gasteiger partial charge in [0, 0.05) is 12.7 Å². The van der Waals surface area contributed by atoms with Gasteiger partial charge < -0.3 is 10.0 Å². The minimum Gasteiger partial charge on any atom is -0.374 e. The van der Waals surface area contributed by atoms with E-state index in [4.69, 9.17) is 0 Å². The Kier molecular flexibility index (Phi) is 1.77. The van der Waals surface area contributed by atoms with E-state index in [0.717, 1.165) is 18.5 Å². The fourth-order valence-electron chi connectivity index (χ4n) is 1.71. The summed E-state index contributed by atoms with van der Waals surface area (Å²) in [5.74, 6) is 0. The van der Waals surface area contributed by atoms with Gasteiger partial charge in [0.25, 0.3) is 0 Å². The van der Waals surface area contributed by atoms with E-state index >= 15 is 0 Å². The molecule has 0 bridgehead atoms. The number of aryl methyl sites for hydroxylation is 1. The van der Waals surface area contributed by atoms with Crippen LogP contribution in [0.4, 0.5) is 5.69 Å². The first-order chi connectivity index (χ1) is 5.79. The van der Waals surface area contributed by atoms with Gasteiger partial charge in [-0.1, -0.05) is 18.2 Å². The first-order valence-electron chi connectivity index (χ1n) is 4.28. The lowest BCUT2D eigenvalue weighted by atomic mass is 10.0. The molecule has 1 aromatic rings. The standard InChI is InChI=1S/C10H13NO/c1-11-9-5-3-2-4-8(9)6-7-10(11)12/h2-5,10,12H,6-7H2,1H3. The lowest BCUT2D eigenvalue weighted by Gasteiger charge is -2.32. The molecule has 1 N–H and O–H groups in total. The van der Waals surface area contributed by atoms with Gasteiger partial charge in [-0.25, -0.2) is 0 Å². The molecule has 0 aromatic heterocycles. The van der Waals surface area contributed by atoms with Crippen LogP contribution in [0.2, 0.25) is 0 Å². The molecule has 0 saturated heterocycles. The average Bonchev–Trinajstić information content (AvgIpc) is 2.12. The highest BCUT2D eigenvalue weighted by atomic mass is 16.3. The van der Waals surface area contributed by atoms with E-state index in [-0.39, 0.29) is 6.23 Å². The van der Waals surface area contributed by atoms with Crippen LogP contribution in [0.3, 0.4) is 0 Å². The van der Waals surface area contributed by atoms with Gasteiger partial charge >= 0.3 is 0 Å². The van der Waals surface area contributed by atoms with E-state index in [2.05, 4.69) is 12.1 Å². The molecule has 2 heteroatoms. The highest BCUT2D eigenvalue weighted by Crippen LogP contribution is 2.27. The normalized spacial score (nSPS) is 22.2. The maximum Gasteiger partial charge on any atom is 0.126 e. The summed E-state index contributed by atoms with van der Waals surface area (Å²) in [6.07, 6.45) is 1.52. The third kappa shape index (κ3) is 1.08. The van der Waals surface area contributed by atoms with Crippen LogP contribution in [0.5, 0.6) is 0 Å². The molecule has 0 saturated carbocycles. The van der Waals surface area contributed by atoms with Crippen LogP contribution >= 0.6 is 0 Å². The number of rotatable bonds is 0. The summed E-state index contributed by atoms with van der Waals surface area (Å²) >= 11 is 0. The third-order valence-electron chi connectivity index (χ3n) is 2.49. The number of aliphatic hydroxyl groups excluding tert-OH is 1. The SMILES string of the molecule is CN1c2ccccc2CCC1O. The van der Waals surface area contributed by atoms with Crippen molar-refractivity contribution in [2.75, 3.05) is 11.9 Å². The summed E-state index contributed by atoms with van der Waals surface area (Å²) in [7, 11) is 1.93. The number of hydrogen-bond acceptors (Lipinski definition) is 2. The van der Waals surface area contributed by atoms with Gasteiger partial charge in [-0.2, -0.15) is 0 Å². The minimum absolute atomic E-state index is 0.306. The fourth-order valence-corrected chi connectivity index (χ4v) is 1.71. The number of para-hydroxylation sites is 1. The van der Waals surface area contributed by atoms with E-state index in [9.17, 15) is 5.11 Å². The van der Waals surface area contributed by atoms with Crippen molar-refractivity contribution in [1.29, 1.82) is 0 Å². The van der Waals surface area contributed by atoms with Crippen molar-refractivity contribution in [3.05, 3.63) is 29.8 Å². The van der Waals surface area contributed by atoms with Crippen molar-refractivity contribution < 1.29 is 5.11 Å². The van der Waals surface area contributed by atoms with Crippen LogP contribution in [-0.4, -0.2) is 18.4 Å². The fraction of sp³-hybridized carbons (Fsp3) is 0.400. The van der Waals surface area contributed by atoms with E-state index in [1.54, 1.807) is 0 Å². The molecule has 1 unspecified atom stereocenters.